The third kappa shape index (κ3) is 6.22. The summed E-state index contributed by atoms with van der Waals surface area (Å²) < 4.78 is 26.6. The van der Waals surface area contributed by atoms with Crippen LogP contribution in [0.4, 0.5) is 5.69 Å². The van der Waals surface area contributed by atoms with Crippen LogP contribution in [0.5, 0.6) is 0 Å². The summed E-state index contributed by atoms with van der Waals surface area (Å²) in [6.45, 7) is 1.30. The fraction of sp³-hybridized carbons (Fsp3) is 0.290. The largest absolute Gasteiger partial charge is 0.481 e. The molecule has 4 rings (SSSR count). The molecule has 0 saturated heterocycles. The van der Waals surface area contributed by atoms with Gasteiger partial charge in [-0.1, -0.05) is 42.5 Å². The highest BCUT2D eigenvalue weighted by molar-refractivity contribution is 7.91. The third-order valence-electron chi connectivity index (χ3n) is 7.74. The summed E-state index contributed by atoms with van der Waals surface area (Å²) >= 11 is 0. The second kappa shape index (κ2) is 12.1. The number of hydrogen-bond acceptors (Lipinski definition) is 7. The smallest absolute Gasteiger partial charge is 0.311 e. The maximum atomic E-state index is 13.7. The zero-order valence-electron chi connectivity index (χ0n) is 22.6. The number of aliphatic carboxylic acids is 2. The van der Waals surface area contributed by atoms with E-state index < -0.39 is 57.7 Å². The molecule has 0 aliphatic heterocycles. The predicted molar refractivity (Wildman–Crippen MR) is 151 cm³/mol. The number of carbonyl (C=O) groups is 4. The molecule has 41 heavy (non-hydrogen) atoms. The highest BCUT2D eigenvalue weighted by Crippen LogP contribution is 2.47. The van der Waals surface area contributed by atoms with Gasteiger partial charge < -0.3 is 15.5 Å². The predicted octanol–water partition coefficient (Wildman–Crippen LogP) is 4.32. The van der Waals surface area contributed by atoms with Crippen molar-refractivity contribution in [1.82, 2.24) is 0 Å². The fourth-order valence-corrected chi connectivity index (χ4v) is 7.13. The van der Waals surface area contributed by atoms with Crippen LogP contribution in [0.3, 0.4) is 0 Å². The first-order valence-electron chi connectivity index (χ1n) is 13.1. The Balaban J connectivity index is 1.69. The maximum absolute atomic E-state index is 13.7. The Bertz CT molecular complexity index is 1610. The number of sulfone groups is 1. The van der Waals surface area contributed by atoms with Crippen molar-refractivity contribution in [3.8, 4) is 0 Å². The Morgan fingerprint density at radius 3 is 2.15 bits per heavy atom. The Kier molecular flexibility index (Phi) is 8.72. The van der Waals surface area contributed by atoms with Gasteiger partial charge in [0, 0.05) is 31.0 Å². The molecule has 0 fully saturated rings. The summed E-state index contributed by atoms with van der Waals surface area (Å²) in [5, 5.41) is 22.5. The van der Waals surface area contributed by atoms with Crippen LogP contribution in [0, 0.1) is 11.8 Å². The summed E-state index contributed by atoms with van der Waals surface area (Å²) in [6.07, 6.45) is -0.687. The minimum Gasteiger partial charge on any atom is -0.481 e. The molecule has 0 saturated carbocycles. The summed E-state index contributed by atoms with van der Waals surface area (Å²) in [7, 11) is -2.22. The van der Waals surface area contributed by atoms with Gasteiger partial charge in [0.15, 0.2) is 0 Å². The minimum absolute atomic E-state index is 0.00388. The van der Waals surface area contributed by atoms with E-state index in [2.05, 4.69) is 5.32 Å². The van der Waals surface area contributed by atoms with Crippen LogP contribution in [-0.2, 0) is 35.4 Å². The van der Waals surface area contributed by atoms with Crippen molar-refractivity contribution >= 4 is 39.0 Å². The van der Waals surface area contributed by atoms with Gasteiger partial charge >= 0.3 is 11.9 Å². The fourth-order valence-electron chi connectivity index (χ4n) is 5.76. The number of nitrogens with one attached hydrogen (secondary N) is 1. The molecule has 3 aromatic rings. The maximum Gasteiger partial charge on any atom is 0.311 e. The number of carbonyl (C=O) groups excluding carboxylic acids is 2. The van der Waals surface area contributed by atoms with Crippen LogP contribution in [-0.4, -0.2) is 49.2 Å². The van der Waals surface area contributed by atoms with Crippen molar-refractivity contribution in [3.05, 3.63) is 89.5 Å². The number of hydrogen-bond donors (Lipinski definition) is 3. The molecule has 0 radical (unpaired) electrons. The number of rotatable bonds is 11. The van der Waals surface area contributed by atoms with Crippen LogP contribution in [0.15, 0.2) is 82.6 Å². The van der Waals surface area contributed by atoms with Crippen LogP contribution < -0.4 is 5.32 Å². The number of Topliss-reactive ketones (excluding diaryl/α,β-unsaturated/α-hetero) is 2. The van der Waals surface area contributed by atoms with E-state index in [1.165, 1.54) is 37.3 Å². The first-order valence-corrected chi connectivity index (χ1v) is 14.6. The lowest BCUT2D eigenvalue weighted by molar-refractivity contribution is -0.144. The number of benzene rings is 3. The summed E-state index contributed by atoms with van der Waals surface area (Å²) in [5.74, 6) is -6.97. The zero-order valence-corrected chi connectivity index (χ0v) is 23.4. The summed E-state index contributed by atoms with van der Waals surface area (Å²) in [6, 6.07) is 19.0. The number of carboxylic acid groups (broad SMARTS) is 2. The molecule has 3 aromatic carbocycles. The molecule has 9 nitrogen and oxygen atoms in total. The average molecular weight is 578 g/mol. The molecule has 1 aliphatic rings. The van der Waals surface area contributed by atoms with E-state index in [9.17, 15) is 37.8 Å². The molecule has 0 aromatic heterocycles. The second-order valence-electron chi connectivity index (χ2n) is 10.3. The van der Waals surface area contributed by atoms with Crippen LogP contribution in [0.25, 0.3) is 0 Å². The van der Waals surface area contributed by atoms with Crippen molar-refractivity contribution in [1.29, 1.82) is 0 Å². The molecule has 4 atom stereocenters. The van der Waals surface area contributed by atoms with E-state index in [0.717, 1.165) is 0 Å². The van der Waals surface area contributed by atoms with Gasteiger partial charge in [-0.15, -0.1) is 0 Å². The highest BCUT2D eigenvalue weighted by atomic mass is 32.2. The number of fused-ring (bicyclic) bond motifs is 1. The molecule has 4 unspecified atom stereocenters. The monoisotopic (exact) mass is 577 g/mol. The van der Waals surface area contributed by atoms with E-state index in [1.807, 2.05) is 0 Å². The third-order valence-corrected chi connectivity index (χ3v) is 9.49. The Hall–Kier alpha value is -4.31. The quantitative estimate of drug-likeness (QED) is 0.302. The van der Waals surface area contributed by atoms with Gasteiger partial charge in [0.2, 0.25) is 9.84 Å². The zero-order chi connectivity index (χ0) is 29.9. The Morgan fingerprint density at radius 1 is 0.902 bits per heavy atom. The standard InChI is InChI=1S/C31H31NO8S/c1-18(33)25(17-29(35)36)26-16-27(30(31(37)38)24-12-4-3-11-23(24)26)28(34)14-19-7-5-9-21(13-19)41(39,40)22-10-6-8-20(15-22)32-2/h3-13,15,25-27,30,32H,14,16-17H2,1-2H3,(H,35,36)(H,37,38). The summed E-state index contributed by atoms with van der Waals surface area (Å²) in [4.78, 5) is 50.4. The normalized spacial score (nSPS) is 19.0. The molecule has 0 spiro atoms. The second-order valence-corrected chi connectivity index (χ2v) is 12.2. The van der Waals surface area contributed by atoms with E-state index in [1.54, 1.807) is 49.5 Å². The van der Waals surface area contributed by atoms with Crippen molar-refractivity contribution in [2.24, 2.45) is 11.8 Å². The number of ketones is 2. The first kappa shape index (κ1) is 29.7. The lowest BCUT2D eigenvalue weighted by Gasteiger charge is -2.38. The van der Waals surface area contributed by atoms with Gasteiger partial charge in [0.25, 0.3) is 0 Å². The topological polar surface area (TPSA) is 155 Å². The summed E-state index contributed by atoms with van der Waals surface area (Å²) in [5.41, 5.74) is 1.96. The molecular weight excluding hydrogens is 546 g/mol. The first-order chi connectivity index (χ1) is 19.4. The van der Waals surface area contributed by atoms with Gasteiger partial charge in [0.05, 0.1) is 22.1 Å². The van der Waals surface area contributed by atoms with Crippen LogP contribution in [0.1, 0.15) is 48.3 Å². The van der Waals surface area contributed by atoms with Crippen molar-refractivity contribution in [2.75, 3.05) is 12.4 Å². The molecule has 0 heterocycles. The lowest BCUT2D eigenvalue weighted by Crippen LogP contribution is -2.38. The minimum atomic E-state index is -3.90. The highest BCUT2D eigenvalue weighted by Gasteiger charge is 2.45. The lowest BCUT2D eigenvalue weighted by atomic mass is 9.64. The van der Waals surface area contributed by atoms with E-state index in [4.69, 9.17) is 0 Å². The molecule has 214 valence electrons. The van der Waals surface area contributed by atoms with Crippen molar-refractivity contribution < 1.29 is 37.8 Å². The van der Waals surface area contributed by atoms with Gasteiger partial charge in [0.1, 0.15) is 11.6 Å². The molecule has 0 bridgehead atoms. The number of carboxylic acids is 2. The van der Waals surface area contributed by atoms with Gasteiger partial charge in [-0.25, -0.2) is 8.42 Å². The van der Waals surface area contributed by atoms with Crippen LogP contribution >= 0.6 is 0 Å². The van der Waals surface area contributed by atoms with Gasteiger partial charge in [-0.3, -0.25) is 19.2 Å². The molecule has 10 heteroatoms. The number of anilines is 1. The molecule has 1 aliphatic carbocycles. The SMILES string of the molecule is CNc1cccc(S(=O)(=O)c2cccc(CC(=O)C3CC(C(CC(=O)O)C(C)=O)c4ccccc4C3C(=O)O)c2)c1. The van der Waals surface area contributed by atoms with Gasteiger partial charge in [-0.05, 0) is 66.3 Å². The molecule has 3 N–H and O–H groups in total. The molecular formula is C31H31NO8S. The van der Waals surface area contributed by atoms with Crippen molar-refractivity contribution in [2.45, 2.75) is 47.8 Å². The van der Waals surface area contributed by atoms with Crippen LogP contribution in [0.2, 0.25) is 0 Å². The van der Waals surface area contributed by atoms with E-state index in [0.29, 0.717) is 22.4 Å². The van der Waals surface area contributed by atoms with Crippen molar-refractivity contribution in [3.63, 3.8) is 0 Å². The Morgan fingerprint density at radius 2 is 1.54 bits per heavy atom. The van der Waals surface area contributed by atoms with E-state index >= 15 is 0 Å². The average Bonchev–Trinajstić information content (AvgIpc) is 2.94. The van der Waals surface area contributed by atoms with E-state index in [-0.39, 0.29) is 28.4 Å². The molecule has 0 amide bonds. The van der Waals surface area contributed by atoms with Gasteiger partial charge in [-0.2, -0.15) is 0 Å². The Labute approximate surface area is 238 Å².